The van der Waals surface area contributed by atoms with E-state index >= 15 is 0 Å². The summed E-state index contributed by atoms with van der Waals surface area (Å²) in [5.74, 6) is 0.430. The van der Waals surface area contributed by atoms with E-state index in [1.54, 1.807) is 0 Å². The fraction of sp³-hybridized carbons (Fsp3) is 0.846. The molecule has 19 heavy (non-hydrogen) atoms. The normalized spacial score (nSPS) is 27.2. The van der Waals surface area contributed by atoms with Crippen molar-refractivity contribution in [2.24, 2.45) is 5.92 Å². The molecule has 0 radical (unpaired) electrons. The quantitative estimate of drug-likeness (QED) is 0.702. The summed E-state index contributed by atoms with van der Waals surface area (Å²) in [6.45, 7) is 3.53. The van der Waals surface area contributed by atoms with Gasteiger partial charge in [-0.15, -0.1) is 0 Å². The van der Waals surface area contributed by atoms with Gasteiger partial charge in [-0.1, -0.05) is 0 Å². The van der Waals surface area contributed by atoms with Crippen LogP contribution in [0.1, 0.15) is 25.7 Å². The molecule has 3 aliphatic rings. The molecule has 3 saturated heterocycles. The SMILES string of the molecule is O=C1OCC2(CCN(C(=O)C3CCNCC3)CC2)O1. The summed E-state index contributed by atoms with van der Waals surface area (Å²) >= 11 is 0. The van der Waals surface area contributed by atoms with Gasteiger partial charge in [-0.2, -0.15) is 0 Å². The molecule has 0 aliphatic carbocycles. The molecule has 0 bridgehead atoms. The Balaban J connectivity index is 1.54. The van der Waals surface area contributed by atoms with Gasteiger partial charge < -0.3 is 19.7 Å². The van der Waals surface area contributed by atoms with Crippen molar-refractivity contribution in [3.05, 3.63) is 0 Å². The Morgan fingerprint density at radius 3 is 2.53 bits per heavy atom. The molecule has 0 aromatic heterocycles. The van der Waals surface area contributed by atoms with Crippen molar-refractivity contribution in [3.63, 3.8) is 0 Å². The number of nitrogens with zero attached hydrogens (tertiary/aromatic N) is 1. The Hall–Kier alpha value is -1.30. The predicted molar refractivity (Wildman–Crippen MR) is 66.6 cm³/mol. The highest BCUT2D eigenvalue weighted by Gasteiger charge is 2.45. The maximum atomic E-state index is 12.4. The predicted octanol–water partition coefficient (Wildman–Crippen LogP) is 0.514. The van der Waals surface area contributed by atoms with Gasteiger partial charge in [0.1, 0.15) is 6.61 Å². The van der Waals surface area contributed by atoms with Crippen molar-refractivity contribution in [1.82, 2.24) is 10.2 Å². The third kappa shape index (κ3) is 2.54. The second-order valence-electron chi connectivity index (χ2n) is 5.67. The van der Waals surface area contributed by atoms with Crippen LogP contribution in [0.3, 0.4) is 0 Å². The van der Waals surface area contributed by atoms with E-state index in [-0.39, 0.29) is 11.8 Å². The van der Waals surface area contributed by atoms with Crippen LogP contribution in [0.5, 0.6) is 0 Å². The molecule has 3 aliphatic heterocycles. The van der Waals surface area contributed by atoms with E-state index in [1.807, 2.05) is 4.90 Å². The van der Waals surface area contributed by atoms with Crippen molar-refractivity contribution in [3.8, 4) is 0 Å². The van der Waals surface area contributed by atoms with Gasteiger partial charge >= 0.3 is 6.16 Å². The third-order valence-electron chi connectivity index (χ3n) is 4.43. The molecule has 3 rings (SSSR count). The summed E-state index contributed by atoms with van der Waals surface area (Å²) < 4.78 is 10.1. The molecule has 6 nitrogen and oxygen atoms in total. The molecule has 0 aromatic carbocycles. The minimum Gasteiger partial charge on any atom is -0.430 e. The Kier molecular flexibility index (Phi) is 3.35. The summed E-state index contributed by atoms with van der Waals surface area (Å²) in [6, 6.07) is 0. The largest absolute Gasteiger partial charge is 0.509 e. The fourth-order valence-corrected chi connectivity index (χ4v) is 3.13. The second-order valence-corrected chi connectivity index (χ2v) is 5.67. The Labute approximate surface area is 112 Å². The number of ether oxygens (including phenoxy) is 2. The smallest absolute Gasteiger partial charge is 0.430 e. The maximum Gasteiger partial charge on any atom is 0.509 e. The van der Waals surface area contributed by atoms with Gasteiger partial charge in [0.25, 0.3) is 0 Å². The first-order valence-corrected chi connectivity index (χ1v) is 7.04. The monoisotopic (exact) mass is 268 g/mol. The molecule has 0 aromatic rings. The van der Waals surface area contributed by atoms with Crippen molar-refractivity contribution >= 4 is 12.1 Å². The van der Waals surface area contributed by atoms with E-state index in [9.17, 15) is 9.59 Å². The number of hydrogen-bond donors (Lipinski definition) is 1. The van der Waals surface area contributed by atoms with E-state index in [0.717, 1.165) is 25.9 Å². The molecular weight excluding hydrogens is 248 g/mol. The average Bonchev–Trinajstić information content (AvgIpc) is 2.81. The van der Waals surface area contributed by atoms with Gasteiger partial charge in [-0.3, -0.25) is 4.79 Å². The average molecular weight is 268 g/mol. The molecule has 3 heterocycles. The van der Waals surface area contributed by atoms with Crippen LogP contribution in [0.2, 0.25) is 0 Å². The summed E-state index contributed by atoms with van der Waals surface area (Å²) in [5, 5.41) is 3.27. The highest BCUT2D eigenvalue weighted by atomic mass is 16.8. The summed E-state index contributed by atoms with van der Waals surface area (Å²) in [5.41, 5.74) is -0.470. The highest BCUT2D eigenvalue weighted by Crippen LogP contribution is 2.32. The lowest BCUT2D eigenvalue weighted by Crippen LogP contribution is -2.50. The van der Waals surface area contributed by atoms with E-state index in [1.165, 1.54) is 0 Å². The van der Waals surface area contributed by atoms with Gasteiger partial charge in [0.05, 0.1) is 0 Å². The minimum absolute atomic E-state index is 0.165. The lowest BCUT2D eigenvalue weighted by molar-refractivity contribution is -0.139. The van der Waals surface area contributed by atoms with Crippen LogP contribution in [-0.4, -0.2) is 55.3 Å². The number of cyclic esters (lactones) is 1. The molecular formula is C13H20N2O4. The number of likely N-dealkylation sites (tertiary alicyclic amines) is 1. The van der Waals surface area contributed by atoms with Gasteiger partial charge in [0.15, 0.2) is 5.60 Å². The zero-order chi connectivity index (χ0) is 13.3. The molecule has 0 unspecified atom stereocenters. The number of amides is 1. The molecule has 1 spiro atoms. The van der Waals surface area contributed by atoms with Crippen molar-refractivity contribution < 1.29 is 19.1 Å². The number of carbonyl (C=O) groups is 2. The van der Waals surface area contributed by atoms with Crippen molar-refractivity contribution in [2.75, 3.05) is 32.8 Å². The van der Waals surface area contributed by atoms with E-state index in [0.29, 0.717) is 32.5 Å². The fourth-order valence-electron chi connectivity index (χ4n) is 3.13. The molecule has 1 N–H and O–H groups in total. The molecule has 3 fully saturated rings. The van der Waals surface area contributed by atoms with E-state index in [4.69, 9.17) is 9.47 Å². The third-order valence-corrected chi connectivity index (χ3v) is 4.43. The highest BCUT2D eigenvalue weighted by molar-refractivity contribution is 5.79. The number of rotatable bonds is 1. The maximum absolute atomic E-state index is 12.4. The molecule has 0 saturated carbocycles. The van der Waals surface area contributed by atoms with Crippen LogP contribution >= 0.6 is 0 Å². The van der Waals surface area contributed by atoms with Crippen molar-refractivity contribution in [2.45, 2.75) is 31.3 Å². The van der Waals surface area contributed by atoms with Crippen LogP contribution in [0.4, 0.5) is 4.79 Å². The van der Waals surface area contributed by atoms with Crippen LogP contribution < -0.4 is 5.32 Å². The zero-order valence-electron chi connectivity index (χ0n) is 11.0. The zero-order valence-corrected chi connectivity index (χ0v) is 11.0. The number of carbonyl (C=O) groups excluding carboxylic acids is 2. The van der Waals surface area contributed by atoms with Crippen molar-refractivity contribution in [1.29, 1.82) is 0 Å². The van der Waals surface area contributed by atoms with E-state index < -0.39 is 11.8 Å². The molecule has 6 heteroatoms. The summed E-state index contributed by atoms with van der Waals surface area (Å²) in [4.78, 5) is 25.4. The molecule has 1 amide bonds. The summed E-state index contributed by atoms with van der Waals surface area (Å²) in [6.07, 6.45) is 2.67. The van der Waals surface area contributed by atoms with E-state index in [2.05, 4.69) is 5.32 Å². The van der Waals surface area contributed by atoms with Crippen LogP contribution in [0, 0.1) is 5.92 Å². The Morgan fingerprint density at radius 2 is 1.95 bits per heavy atom. The Morgan fingerprint density at radius 1 is 1.26 bits per heavy atom. The first-order chi connectivity index (χ1) is 9.19. The first kappa shape index (κ1) is 12.7. The van der Waals surface area contributed by atoms with Crippen LogP contribution in [-0.2, 0) is 14.3 Å². The topological polar surface area (TPSA) is 67.9 Å². The molecule has 0 atom stereocenters. The Bertz CT molecular complexity index is 371. The lowest BCUT2D eigenvalue weighted by Gasteiger charge is -2.38. The lowest BCUT2D eigenvalue weighted by atomic mass is 9.90. The number of hydrogen-bond acceptors (Lipinski definition) is 5. The summed E-state index contributed by atoms with van der Waals surface area (Å²) in [7, 11) is 0. The van der Waals surface area contributed by atoms with Gasteiger partial charge in [0, 0.05) is 31.8 Å². The minimum atomic E-state index is -0.571. The van der Waals surface area contributed by atoms with Crippen LogP contribution in [0.15, 0.2) is 0 Å². The number of nitrogens with one attached hydrogen (secondary N) is 1. The standard InChI is InChI=1S/C13H20N2O4/c16-11(10-1-5-14-6-2-10)15-7-3-13(4-8-15)9-18-12(17)19-13/h10,14H,1-9H2. The van der Waals surface area contributed by atoms with Gasteiger partial charge in [-0.05, 0) is 25.9 Å². The van der Waals surface area contributed by atoms with Gasteiger partial charge in [0.2, 0.25) is 5.91 Å². The van der Waals surface area contributed by atoms with Gasteiger partial charge in [-0.25, -0.2) is 4.79 Å². The molecule has 106 valence electrons. The second kappa shape index (κ2) is 5.00. The number of piperidine rings is 2. The van der Waals surface area contributed by atoms with Crippen LogP contribution in [0.25, 0.3) is 0 Å². The first-order valence-electron chi connectivity index (χ1n) is 7.04.